The highest BCUT2D eigenvalue weighted by atomic mass is 32.2. The van der Waals surface area contributed by atoms with Crippen LogP contribution in [0.2, 0.25) is 0 Å². The number of nitrogens with zero attached hydrogens (tertiary/aromatic N) is 3. The first-order chi connectivity index (χ1) is 11.3. The Balaban J connectivity index is 2.04. The molecule has 1 unspecified atom stereocenters. The molecule has 0 saturated heterocycles. The van der Waals surface area contributed by atoms with E-state index in [1.165, 1.54) is 29.2 Å². The van der Waals surface area contributed by atoms with Gasteiger partial charge in [0.2, 0.25) is 11.0 Å². The number of carbonyl (C=O) groups is 1. The maximum absolute atomic E-state index is 12.3. The number of thioether (sulfide) groups is 1. The molecule has 2 heterocycles. The lowest BCUT2D eigenvalue weighted by atomic mass is 10.1. The van der Waals surface area contributed by atoms with Crippen molar-refractivity contribution in [2.24, 2.45) is 0 Å². The molecule has 2 aromatic heterocycles. The second-order valence-electron chi connectivity index (χ2n) is 5.98. The van der Waals surface area contributed by atoms with Crippen molar-refractivity contribution in [1.29, 1.82) is 0 Å². The third-order valence-corrected chi connectivity index (χ3v) is 5.28. The summed E-state index contributed by atoms with van der Waals surface area (Å²) in [6.07, 6.45) is 0. The molecule has 1 atom stereocenters. The molecule has 0 aliphatic rings. The highest BCUT2D eigenvalue weighted by Gasteiger charge is 2.19. The number of hydrogen-bond donors (Lipinski definition) is 2. The smallest absolute Gasteiger partial charge is 0.251 e. The minimum Gasteiger partial charge on any atom is -0.301 e. The third-order valence-electron chi connectivity index (χ3n) is 3.15. The van der Waals surface area contributed by atoms with Crippen LogP contribution in [0.15, 0.2) is 16.0 Å². The van der Waals surface area contributed by atoms with E-state index in [0.29, 0.717) is 16.0 Å². The molecule has 0 aromatic carbocycles. The molecule has 24 heavy (non-hydrogen) atoms. The fourth-order valence-electron chi connectivity index (χ4n) is 1.75. The number of amides is 1. The number of H-pyrrole nitrogens is 1. The van der Waals surface area contributed by atoms with Crippen LogP contribution in [0, 0.1) is 0 Å². The number of aromatic nitrogens is 4. The molecule has 0 aliphatic carbocycles. The average Bonchev–Trinajstić information content (AvgIpc) is 2.95. The van der Waals surface area contributed by atoms with E-state index < -0.39 is 5.25 Å². The first-order valence-corrected chi connectivity index (χ1v) is 9.38. The molecule has 0 aliphatic heterocycles. The van der Waals surface area contributed by atoms with Gasteiger partial charge in [0, 0.05) is 12.0 Å². The molecule has 1 amide bonds. The van der Waals surface area contributed by atoms with Gasteiger partial charge in [-0.1, -0.05) is 50.8 Å². The second kappa shape index (κ2) is 7.89. The summed E-state index contributed by atoms with van der Waals surface area (Å²) < 4.78 is 0. The van der Waals surface area contributed by atoms with Gasteiger partial charge in [-0.3, -0.25) is 14.9 Å². The Morgan fingerprint density at radius 2 is 1.92 bits per heavy atom. The molecular weight excluding hydrogens is 346 g/mol. The van der Waals surface area contributed by atoms with Crippen molar-refractivity contribution in [1.82, 2.24) is 20.2 Å². The molecule has 0 saturated carbocycles. The highest BCUT2D eigenvalue weighted by molar-refractivity contribution is 8.00. The zero-order valence-corrected chi connectivity index (χ0v) is 15.9. The summed E-state index contributed by atoms with van der Waals surface area (Å²) in [4.78, 5) is 31.0. The second-order valence-corrected chi connectivity index (χ2v) is 8.32. The lowest BCUT2D eigenvalue weighted by Crippen LogP contribution is -2.23. The van der Waals surface area contributed by atoms with Crippen LogP contribution in [-0.4, -0.2) is 31.3 Å². The first-order valence-electron chi connectivity index (χ1n) is 7.68. The topological polar surface area (TPSA) is 101 Å². The maximum atomic E-state index is 12.3. The number of anilines is 1. The Hall–Kier alpha value is -1.74. The maximum Gasteiger partial charge on any atom is 0.251 e. The lowest BCUT2D eigenvalue weighted by Gasteiger charge is -2.11. The number of hydrogen-bond acceptors (Lipinski definition) is 7. The molecule has 2 aromatic rings. The van der Waals surface area contributed by atoms with Crippen molar-refractivity contribution in [3.8, 4) is 0 Å². The van der Waals surface area contributed by atoms with Crippen LogP contribution in [0.4, 0.5) is 5.13 Å². The van der Waals surface area contributed by atoms with Gasteiger partial charge in [0.05, 0.1) is 10.9 Å². The van der Waals surface area contributed by atoms with Crippen LogP contribution in [-0.2, 0) is 4.79 Å². The van der Waals surface area contributed by atoms with E-state index in [9.17, 15) is 9.59 Å². The standard InChI is InChI=1S/C15H21N5O2S2/c1-7(2)10-6-11(21)17-14(16-10)23-9(5)12(22)18-15-20-19-13(24-15)8(3)4/h6-9H,1-5H3,(H,16,17,21)(H,18,20,22). The summed E-state index contributed by atoms with van der Waals surface area (Å²) in [5.74, 6) is 0.212. The molecule has 9 heteroatoms. The summed E-state index contributed by atoms with van der Waals surface area (Å²) in [5.41, 5.74) is 0.495. The minimum absolute atomic E-state index is 0.145. The summed E-state index contributed by atoms with van der Waals surface area (Å²) in [7, 11) is 0. The Morgan fingerprint density at radius 3 is 2.50 bits per heavy atom. The molecular formula is C15H21N5O2S2. The van der Waals surface area contributed by atoms with E-state index in [1.54, 1.807) is 6.92 Å². The van der Waals surface area contributed by atoms with Gasteiger partial charge >= 0.3 is 0 Å². The van der Waals surface area contributed by atoms with Crippen molar-refractivity contribution in [2.75, 3.05) is 5.32 Å². The third kappa shape index (κ3) is 4.88. The van der Waals surface area contributed by atoms with E-state index in [1.807, 2.05) is 27.7 Å². The summed E-state index contributed by atoms with van der Waals surface area (Å²) in [6.45, 7) is 9.73. The van der Waals surface area contributed by atoms with Crippen molar-refractivity contribution in [2.45, 2.75) is 56.9 Å². The normalized spacial score (nSPS) is 12.6. The number of carbonyl (C=O) groups excluding carboxylic acids is 1. The van der Waals surface area contributed by atoms with Crippen LogP contribution in [0.3, 0.4) is 0 Å². The van der Waals surface area contributed by atoms with Crippen LogP contribution >= 0.6 is 23.1 Å². The Kier molecular flexibility index (Phi) is 6.11. The van der Waals surface area contributed by atoms with Crippen molar-refractivity contribution < 1.29 is 4.79 Å². The zero-order valence-electron chi connectivity index (χ0n) is 14.3. The summed E-state index contributed by atoms with van der Waals surface area (Å²) in [6, 6.07) is 1.48. The number of nitrogens with one attached hydrogen (secondary N) is 2. The predicted octanol–water partition coefficient (Wildman–Crippen LogP) is 2.99. The summed E-state index contributed by atoms with van der Waals surface area (Å²) >= 11 is 2.57. The first kappa shape index (κ1) is 18.6. The molecule has 2 rings (SSSR count). The van der Waals surface area contributed by atoms with Gasteiger partial charge < -0.3 is 4.98 Å². The van der Waals surface area contributed by atoms with Crippen molar-refractivity contribution in [3.63, 3.8) is 0 Å². The molecule has 0 radical (unpaired) electrons. The van der Waals surface area contributed by atoms with E-state index in [4.69, 9.17) is 0 Å². The molecule has 0 fully saturated rings. The van der Waals surface area contributed by atoms with E-state index >= 15 is 0 Å². The molecule has 130 valence electrons. The van der Waals surface area contributed by atoms with Gasteiger partial charge in [-0.2, -0.15) is 0 Å². The highest BCUT2D eigenvalue weighted by Crippen LogP contribution is 2.25. The van der Waals surface area contributed by atoms with Crippen molar-refractivity contribution >= 4 is 34.1 Å². The van der Waals surface area contributed by atoms with Gasteiger partial charge in [-0.15, -0.1) is 10.2 Å². The Labute approximate surface area is 148 Å². The monoisotopic (exact) mass is 367 g/mol. The lowest BCUT2D eigenvalue weighted by molar-refractivity contribution is -0.115. The van der Waals surface area contributed by atoms with Crippen LogP contribution < -0.4 is 10.9 Å². The molecule has 7 nitrogen and oxygen atoms in total. The van der Waals surface area contributed by atoms with Gasteiger partial charge in [-0.25, -0.2) is 4.98 Å². The Bertz CT molecular complexity index is 769. The van der Waals surface area contributed by atoms with Crippen LogP contribution in [0.1, 0.15) is 57.2 Å². The van der Waals surface area contributed by atoms with Crippen molar-refractivity contribution in [3.05, 3.63) is 27.1 Å². The van der Waals surface area contributed by atoms with Gasteiger partial charge in [-0.05, 0) is 12.8 Å². The molecule has 0 bridgehead atoms. The Morgan fingerprint density at radius 1 is 1.21 bits per heavy atom. The summed E-state index contributed by atoms with van der Waals surface area (Å²) in [5, 5.41) is 12.1. The largest absolute Gasteiger partial charge is 0.301 e. The minimum atomic E-state index is -0.429. The molecule has 2 N–H and O–H groups in total. The fraction of sp³-hybridized carbons (Fsp3) is 0.533. The van der Waals surface area contributed by atoms with E-state index in [2.05, 4.69) is 25.5 Å². The quantitative estimate of drug-likeness (QED) is 0.601. The average molecular weight is 368 g/mol. The van der Waals surface area contributed by atoms with Crippen LogP contribution in [0.25, 0.3) is 0 Å². The SMILES string of the molecule is CC(Sc1nc(C(C)C)cc(=O)[nH]1)C(=O)Nc1nnc(C(C)C)s1. The van der Waals surface area contributed by atoms with Gasteiger partial charge in [0.1, 0.15) is 5.01 Å². The van der Waals surface area contributed by atoms with Crippen LogP contribution in [0.5, 0.6) is 0 Å². The zero-order chi connectivity index (χ0) is 17.9. The van der Waals surface area contributed by atoms with E-state index in [0.717, 1.165) is 5.01 Å². The fourth-order valence-corrected chi connectivity index (χ4v) is 3.32. The van der Waals surface area contributed by atoms with Gasteiger partial charge in [0.25, 0.3) is 5.56 Å². The van der Waals surface area contributed by atoms with Gasteiger partial charge in [0.15, 0.2) is 5.16 Å². The predicted molar refractivity (Wildman–Crippen MR) is 96.9 cm³/mol. The number of aromatic amines is 1. The number of rotatable bonds is 6. The van der Waals surface area contributed by atoms with E-state index in [-0.39, 0.29) is 23.3 Å². The molecule has 0 spiro atoms.